The number of fused-ring (bicyclic) bond motifs is 1. The zero-order chi connectivity index (χ0) is 22.9. The van der Waals surface area contributed by atoms with Crippen LogP contribution in [0.1, 0.15) is 18.4 Å². The summed E-state index contributed by atoms with van der Waals surface area (Å²) in [5.74, 6) is 0.906. The third kappa shape index (κ3) is 5.00. The van der Waals surface area contributed by atoms with Crippen LogP contribution in [-0.2, 0) is 6.54 Å². The highest BCUT2D eigenvalue weighted by Gasteiger charge is 2.21. The second kappa shape index (κ2) is 9.80. The Bertz CT molecular complexity index is 1300. The predicted octanol–water partition coefficient (Wildman–Crippen LogP) is 7.20. The molecule has 170 valence electrons. The van der Waals surface area contributed by atoms with Crippen molar-refractivity contribution in [2.24, 2.45) is 0 Å². The summed E-state index contributed by atoms with van der Waals surface area (Å²) >= 11 is 22.2. The van der Waals surface area contributed by atoms with Gasteiger partial charge < -0.3 is 5.32 Å². The fraction of sp³-hybridized carbons (Fsp3) is 0.250. The van der Waals surface area contributed by atoms with Gasteiger partial charge in [-0.1, -0.05) is 59.1 Å². The topological polar surface area (TPSA) is 45.5 Å². The number of likely N-dealkylation sites (tertiary alicyclic amines) is 1. The molecule has 0 unspecified atom stereocenters. The predicted molar refractivity (Wildman–Crippen MR) is 140 cm³/mol. The Morgan fingerprint density at radius 2 is 1.76 bits per heavy atom. The fourth-order valence-corrected chi connectivity index (χ4v) is 5.09. The first kappa shape index (κ1) is 22.9. The zero-order valence-electron chi connectivity index (χ0n) is 17.6. The Hall–Kier alpha value is -1.83. The van der Waals surface area contributed by atoms with Crippen LogP contribution in [0.15, 0.2) is 59.2 Å². The quantitative estimate of drug-likeness (QED) is 0.278. The van der Waals surface area contributed by atoms with Gasteiger partial charge in [-0.3, -0.25) is 4.90 Å². The average Bonchev–Trinajstić information content (AvgIpc) is 3.19. The van der Waals surface area contributed by atoms with Gasteiger partial charge in [-0.2, -0.15) is 9.61 Å². The third-order valence-corrected chi connectivity index (χ3v) is 7.54. The molecule has 1 aliphatic rings. The molecule has 0 atom stereocenters. The minimum Gasteiger partial charge on any atom is -0.367 e. The van der Waals surface area contributed by atoms with Gasteiger partial charge in [0.2, 0.25) is 0 Å². The molecule has 0 spiro atoms. The smallest absolute Gasteiger partial charge is 0.172 e. The van der Waals surface area contributed by atoms with Crippen LogP contribution >= 0.6 is 50.7 Å². The number of hydrogen-bond acceptors (Lipinski definition) is 4. The van der Waals surface area contributed by atoms with Crippen LogP contribution in [0.25, 0.3) is 16.9 Å². The molecule has 5 rings (SSSR count). The van der Waals surface area contributed by atoms with Crippen LogP contribution < -0.4 is 5.32 Å². The van der Waals surface area contributed by atoms with Crippen molar-refractivity contribution in [2.45, 2.75) is 25.4 Å². The minimum absolute atomic E-state index is 0.336. The van der Waals surface area contributed by atoms with Gasteiger partial charge in [-0.05, 0) is 52.5 Å². The Kier molecular flexibility index (Phi) is 6.81. The number of aromatic nitrogens is 3. The highest BCUT2D eigenvalue weighted by molar-refractivity contribution is 9.10. The monoisotopic (exact) mass is 563 g/mol. The van der Waals surface area contributed by atoms with Crippen molar-refractivity contribution in [2.75, 3.05) is 18.4 Å². The highest BCUT2D eigenvalue weighted by Crippen LogP contribution is 2.31. The van der Waals surface area contributed by atoms with Gasteiger partial charge in [0, 0.05) is 42.3 Å². The van der Waals surface area contributed by atoms with E-state index >= 15 is 0 Å². The lowest BCUT2D eigenvalue weighted by molar-refractivity contribution is 0.211. The van der Waals surface area contributed by atoms with E-state index in [0.29, 0.717) is 21.1 Å². The molecule has 5 nitrogen and oxygen atoms in total. The largest absolute Gasteiger partial charge is 0.367 e. The van der Waals surface area contributed by atoms with Gasteiger partial charge in [-0.15, -0.1) is 0 Å². The van der Waals surface area contributed by atoms with Crippen molar-refractivity contribution in [1.82, 2.24) is 19.5 Å². The summed E-state index contributed by atoms with van der Waals surface area (Å²) in [4.78, 5) is 7.24. The van der Waals surface area contributed by atoms with E-state index < -0.39 is 0 Å². The molecular formula is C24H21BrCl3N5. The first-order valence-corrected chi connectivity index (χ1v) is 12.6. The molecule has 0 amide bonds. The number of rotatable bonds is 5. The lowest BCUT2D eigenvalue weighted by Gasteiger charge is -2.33. The van der Waals surface area contributed by atoms with Crippen LogP contribution in [0.4, 0.5) is 5.82 Å². The second-order valence-corrected chi connectivity index (χ2v) is 10.3. The van der Waals surface area contributed by atoms with E-state index in [2.05, 4.69) is 31.2 Å². The van der Waals surface area contributed by atoms with E-state index in [4.69, 9.17) is 39.8 Å². The lowest BCUT2D eigenvalue weighted by Crippen LogP contribution is -2.39. The average molecular weight is 566 g/mol. The van der Waals surface area contributed by atoms with E-state index in [1.807, 2.05) is 53.0 Å². The van der Waals surface area contributed by atoms with Crippen LogP contribution in [0.5, 0.6) is 0 Å². The number of nitrogens with zero attached hydrogens (tertiary/aromatic N) is 4. The second-order valence-electron chi connectivity index (χ2n) is 8.18. The molecule has 4 aromatic rings. The van der Waals surface area contributed by atoms with E-state index in [0.717, 1.165) is 59.7 Å². The molecule has 1 N–H and O–H groups in total. The number of nitrogens with one attached hydrogen (secondary N) is 1. The molecule has 2 aromatic heterocycles. The Morgan fingerprint density at radius 3 is 2.52 bits per heavy atom. The Morgan fingerprint density at radius 1 is 0.970 bits per heavy atom. The normalized spacial score (nSPS) is 15.3. The van der Waals surface area contributed by atoms with Crippen molar-refractivity contribution in [1.29, 1.82) is 0 Å². The molecule has 33 heavy (non-hydrogen) atoms. The standard InChI is InChI=1S/C24H21BrCl3N5/c25-18-13-29-33-23(12-22(31-24(18)33)17-3-1-2-4-19(17)26)30-16-7-9-32(10-8-16)14-15-5-6-20(27)21(28)11-15/h1-6,11-13,16,30H,7-10,14H2. The van der Waals surface area contributed by atoms with Gasteiger partial charge in [0.05, 0.1) is 26.4 Å². The maximum atomic E-state index is 6.45. The summed E-state index contributed by atoms with van der Waals surface area (Å²) in [7, 11) is 0. The first-order chi connectivity index (χ1) is 16.0. The van der Waals surface area contributed by atoms with Crippen LogP contribution in [0.2, 0.25) is 15.1 Å². The van der Waals surface area contributed by atoms with Gasteiger partial charge in [-0.25, -0.2) is 4.98 Å². The van der Waals surface area contributed by atoms with Crippen molar-refractivity contribution in [3.05, 3.63) is 79.8 Å². The minimum atomic E-state index is 0.336. The maximum absolute atomic E-state index is 6.45. The van der Waals surface area contributed by atoms with Crippen molar-refractivity contribution >= 4 is 62.2 Å². The van der Waals surface area contributed by atoms with Crippen molar-refractivity contribution < 1.29 is 0 Å². The van der Waals surface area contributed by atoms with E-state index in [-0.39, 0.29) is 0 Å². The summed E-state index contributed by atoms with van der Waals surface area (Å²) < 4.78 is 2.68. The van der Waals surface area contributed by atoms with Crippen LogP contribution in [0, 0.1) is 0 Å². The molecular weight excluding hydrogens is 545 g/mol. The molecule has 1 aliphatic heterocycles. The molecule has 3 heterocycles. The van der Waals surface area contributed by atoms with Gasteiger partial charge in [0.15, 0.2) is 5.65 Å². The number of halogens is 4. The van der Waals surface area contributed by atoms with E-state index in [1.54, 1.807) is 6.20 Å². The summed E-state index contributed by atoms with van der Waals surface area (Å²) in [6, 6.07) is 16.0. The Balaban J connectivity index is 1.32. The third-order valence-electron chi connectivity index (χ3n) is 5.91. The molecule has 2 aromatic carbocycles. The first-order valence-electron chi connectivity index (χ1n) is 10.7. The summed E-state index contributed by atoms with van der Waals surface area (Å²) in [6.07, 6.45) is 3.81. The van der Waals surface area contributed by atoms with E-state index in [9.17, 15) is 0 Å². The van der Waals surface area contributed by atoms with Crippen molar-refractivity contribution in [3.8, 4) is 11.3 Å². The Labute approximate surface area is 215 Å². The van der Waals surface area contributed by atoms with Gasteiger partial charge in [0.25, 0.3) is 0 Å². The molecule has 1 fully saturated rings. The van der Waals surface area contributed by atoms with Crippen LogP contribution in [0.3, 0.4) is 0 Å². The number of hydrogen-bond donors (Lipinski definition) is 1. The van der Waals surface area contributed by atoms with Gasteiger partial charge in [0.1, 0.15) is 5.82 Å². The summed E-state index contributed by atoms with van der Waals surface area (Å²) in [5.41, 5.74) is 3.65. The van der Waals surface area contributed by atoms with Crippen LogP contribution in [-0.4, -0.2) is 38.6 Å². The maximum Gasteiger partial charge on any atom is 0.172 e. The SMILES string of the molecule is Clc1ccc(CN2CCC(Nc3cc(-c4ccccc4Cl)nc4c(Br)cnn34)CC2)cc1Cl. The summed E-state index contributed by atoms with van der Waals surface area (Å²) in [6.45, 7) is 2.85. The lowest BCUT2D eigenvalue weighted by atomic mass is 10.0. The molecule has 1 saturated heterocycles. The highest BCUT2D eigenvalue weighted by atomic mass is 79.9. The molecule has 0 radical (unpaired) electrons. The number of anilines is 1. The number of piperidine rings is 1. The molecule has 0 bridgehead atoms. The molecule has 0 saturated carbocycles. The number of benzene rings is 2. The van der Waals surface area contributed by atoms with Gasteiger partial charge >= 0.3 is 0 Å². The molecule has 9 heteroatoms. The van der Waals surface area contributed by atoms with E-state index in [1.165, 1.54) is 5.56 Å². The summed E-state index contributed by atoms with van der Waals surface area (Å²) in [5, 5.41) is 10.1. The fourth-order valence-electron chi connectivity index (χ4n) is 4.19. The van der Waals surface area contributed by atoms with Crippen molar-refractivity contribution in [3.63, 3.8) is 0 Å². The molecule has 0 aliphatic carbocycles. The zero-order valence-corrected chi connectivity index (χ0v) is 21.5.